The molecule has 0 aromatic heterocycles. The third-order valence-corrected chi connectivity index (χ3v) is 0. The van der Waals surface area contributed by atoms with Gasteiger partial charge in [-0.05, 0) is 12.3 Å². The maximum absolute atomic E-state index is 8.33. The van der Waals surface area contributed by atoms with E-state index < -0.39 is 12.3 Å². The number of hydrogen-bond donors (Lipinski definition) is 0. The summed E-state index contributed by atoms with van der Waals surface area (Å²) in [6, 6.07) is 0. The zero-order chi connectivity index (χ0) is 7.15. The fourth-order valence-corrected chi connectivity index (χ4v) is 0. The van der Waals surface area contributed by atoms with Crippen molar-refractivity contribution in [1.29, 1.82) is 0 Å². The summed E-state index contributed by atoms with van der Waals surface area (Å²) in [6.45, 7) is 0. The van der Waals surface area contributed by atoms with Gasteiger partial charge >= 0.3 is 143 Å². The van der Waals surface area contributed by atoms with Crippen molar-refractivity contribution in [2.24, 2.45) is 0 Å². The number of carbonyl (C=O) groups is 2. The minimum Gasteiger partial charge on any atom is -2.00 e. The molecule has 0 aliphatic rings. The largest absolute Gasteiger partial charge is 4.00 e. The van der Waals surface area contributed by atoms with Gasteiger partial charge in [0.15, 0.2) is 0 Å². The van der Waals surface area contributed by atoms with Crippen LogP contribution in [-0.4, -0.2) is 12.3 Å². The van der Waals surface area contributed by atoms with E-state index >= 15 is 0 Å². The summed E-state index contributed by atoms with van der Waals surface area (Å²) < 4.78 is 0. The maximum atomic E-state index is 8.33. The molecule has 12 heavy (non-hydrogen) atoms. The zero-order valence-electron chi connectivity index (χ0n) is 6.36. The van der Waals surface area contributed by atoms with Crippen molar-refractivity contribution in [2.75, 3.05) is 0 Å². The Balaban J connectivity index is -0.0000000112. The molecule has 0 aromatic carbocycles. The van der Waals surface area contributed by atoms with Crippen LogP contribution in [0.4, 0.5) is 9.59 Å². The fourth-order valence-electron chi connectivity index (χ4n) is 0. The van der Waals surface area contributed by atoms with Crippen LogP contribution in [0, 0.1) is 0 Å². The Bertz CT molecular complexity index is 77.4. The van der Waals surface area contributed by atoms with Crippen LogP contribution in [0.3, 0.4) is 0 Å². The summed E-state index contributed by atoms with van der Waals surface area (Å²) in [5.41, 5.74) is 0. The molecule has 0 saturated carbocycles. The van der Waals surface area contributed by atoms with Crippen molar-refractivity contribution in [3.63, 3.8) is 0 Å². The van der Waals surface area contributed by atoms with E-state index in [2.05, 4.69) is 0 Å². The molecule has 10 heteroatoms. The minimum absolute atomic E-state index is 0. The van der Waals surface area contributed by atoms with Crippen LogP contribution in [0.1, 0.15) is 0 Å². The van der Waals surface area contributed by atoms with Gasteiger partial charge in [0.1, 0.15) is 0 Å². The van der Waals surface area contributed by atoms with Crippen molar-refractivity contribution < 1.29 is 178 Å². The quantitative estimate of drug-likeness (QED) is 0.395. The van der Waals surface area contributed by atoms with Gasteiger partial charge < -0.3 is 35.5 Å². The average Bonchev–Trinajstić information content (AvgIpc) is 1.25. The topological polar surface area (TPSA) is 155 Å². The van der Waals surface area contributed by atoms with Gasteiger partial charge in [-0.2, -0.15) is 0 Å². The molecule has 0 heterocycles. The van der Waals surface area contributed by atoms with E-state index in [0.29, 0.717) is 0 Å². The Morgan fingerprint density at radius 1 is 0.750 bits per heavy atom. The molecule has 0 amide bonds. The van der Waals surface area contributed by atoms with Gasteiger partial charge in [-0.15, -0.1) is 0 Å². The van der Waals surface area contributed by atoms with Gasteiger partial charge in [0.25, 0.3) is 0 Å². The molecule has 0 saturated heterocycles. The first-order valence-electron chi connectivity index (χ1n) is 1.22. The smallest absolute Gasteiger partial charge is 2.00 e. The SMILES string of the molecule is O=C([O-])[O-].O=C([O-])[O-].[O-2].[Rb+].[Rb+].[Zr+4]. The van der Waals surface area contributed by atoms with E-state index in [4.69, 9.17) is 30.0 Å². The van der Waals surface area contributed by atoms with Crippen LogP contribution in [0.15, 0.2) is 0 Å². The molecule has 0 fully saturated rings. The molecule has 56 valence electrons. The molecule has 0 aromatic rings. The van der Waals surface area contributed by atoms with Crippen LogP contribution in [0.25, 0.3) is 0 Å². The van der Waals surface area contributed by atoms with E-state index in [0.717, 1.165) is 0 Å². The summed E-state index contributed by atoms with van der Waals surface area (Å²) in [7, 11) is 0. The van der Waals surface area contributed by atoms with Crippen molar-refractivity contribution >= 4 is 12.3 Å². The fraction of sp³-hybridized carbons (Fsp3) is 0. The first-order chi connectivity index (χ1) is 3.46. The van der Waals surface area contributed by atoms with Crippen molar-refractivity contribution in [3.05, 3.63) is 0 Å². The summed E-state index contributed by atoms with van der Waals surface area (Å²) in [5, 5.41) is 33.3. The van der Waals surface area contributed by atoms with Gasteiger partial charge in [-0.25, -0.2) is 0 Å². The maximum Gasteiger partial charge on any atom is 4.00 e. The van der Waals surface area contributed by atoms with E-state index in [-0.39, 0.29) is 148 Å². The second-order valence-electron chi connectivity index (χ2n) is 0.500. The molecule has 0 aliphatic carbocycles. The Morgan fingerprint density at radius 2 is 0.750 bits per heavy atom. The Kier molecular flexibility index (Phi) is 88.4. The molecular formula is C2O7Rb2Zr. The van der Waals surface area contributed by atoms with Crippen molar-refractivity contribution in [2.45, 2.75) is 0 Å². The van der Waals surface area contributed by atoms with Crippen LogP contribution in [0.2, 0.25) is 0 Å². The van der Waals surface area contributed by atoms with Gasteiger partial charge in [0.05, 0.1) is 0 Å². The molecule has 0 bridgehead atoms. The van der Waals surface area contributed by atoms with Gasteiger partial charge in [0, 0.05) is 0 Å². The first-order valence-corrected chi connectivity index (χ1v) is 1.22. The minimum atomic E-state index is -2.33. The van der Waals surface area contributed by atoms with E-state index in [1.54, 1.807) is 0 Å². The van der Waals surface area contributed by atoms with Crippen LogP contribution in [0.5, 0.6) is 0 Å². The third kappa shape index (κ3) is 209. The van der Waals surface area contributed by atoms with Crippen LogP contribution < -0.4 is 137 Å². The molecule has 0 rings (SSSR count). The molecule has 7 nitrogen and oxygen atoms in total. The van der Waals surface area contributed by atoms with Gasteiger partial charge in [-0.3, -0.25) is 0 Å². The molecule has 0 unspecified atom stereocenters. The standard InChI is InChI=1S/2CH2O3.O.2Rb.Zr/c2*2-1(3)4;;;;/h2*(H2,2,3,4);;;;/q;;-2;2*+1;+4/p-4. The second kappa shape index (κ2) is 29.2. The molecule has 0 radical (unpaired) electrons. The molecule has 0 spiro atoms. The predicted molar refractivity (Wildman–Crippen MR) is 11.5 cm³/mol. The molecule has 0 N–H and O–H groups in total. The van der Waals surface area contributed by atoms with Crippen LogP contribution >= 0.6 is 0 Å². The first kappa shape index (κ1) is 36.3. The van der Waals surface area contributed by atoms with E-state index in [9.17, 15) is 0 Å². The van der Waals surface area contributed by atoms with Crippen molar-refractivity contribution in [3.8, 4) is 0 Å². The number of rotatable bonds is 0. The average molecular weight is 398 g/mol. The monoisotopic (exact) mass is 396 g/mol. The third-order valence-electron chi connectivity index (χ3n) is 0. The summed E-state index contributed by atoms with van der Waals surface area (Å²) >= 11 is 0. The van der Waals surface area contributed by atoms with Crippen molar-refractivity contribution in [1.82, 2.24) is 0 Å². The van der Waals surface area contributed by atoms with E-state index in [1.165, 1.54) is 0 Å². The predicted octanol–water partition coefficient (Wildman–Crippen LogP) is -11.0. The zero-order valence-corrected chi connectivity index (χ0v) is 18.6. The van der Waals surface area contributed by atoms with Gasteiger partial charge in [-0.1, -0.05) is 0 Å². The Morgan fingerprint density at radius 3 is 0.750 bits per heavy atom. The van der Waals surface area contributed by atoms with Crippen LogP contribution in [-0.2, 0) is 31.7 Å². The Labute approximate surface area is 185 Å². The molecule has 0 atom stereocenters. The number of carboxylic acid groups (broad SMARTS) is 4. The summed E-state index contributed by atoms with van der Waals surface area (Å²) in [6.07, 6.45) is -4.67. The number of carbonyl (C=O) groups excluding carboxylic acids is 2. The summed E-state index contributed by atoms with van der Waals surface area (Å²) in [4.78, 5) is 16.7. The normalized spacial score (nSPS) is 4.00. The number of hydrogen-bond acceptors (Lipinski definition) is 6. The van der Waals surface area contributed by atoms with Gasteiger partial charge in [0.2, 0.25) is 0 Å². The molecular weight excluding hydrogens is 398 g/mol. The Hall–Kier alpha value is 2.99. The molecule has 0 aliphatic heterocycles. The second-order valence-corrected chi connectivity index (χ2v) is 0.500. The van der Waals surface area contributed by atoms with E-state index in [1.807, 2.05) is 0 Å². The summed E-state index contributed by atoms with van der Waals surface area (Å²) in [5.74, 6) is 0.